The summed E-state index contributed by atoms with van der Waals surface area (Å²) in [6.07, 6.45) is 18.1. The molecule has 0 aromatic heterocycles. The van der Waals surface area contributed by atoms with E-state index in [0.717, 1.165) is 57.8 Å². The minimum Gasteiger partial charge on any atom is -0.480 e. The van der Waals surface area contributed by atoms with Gasteiger partial charge < -0.3 is 15.3 Å². The monoisotopic (exact) mass is 472 g/mol. The number of carbonyl (C=O) groups excluding carboxylic acids is 2. The van der Waals surface area contributed by atoms with Crippen LogP contribution in [0.3, 0.4) is 0 Å². The Labute approximate surface area is 204 Å². The maximum Gasteiger partial charge on any atom is 0.326 e. The Balaban J connectivity index is 1.26. The lowest BCUT2D eigenvalue weighted by Gasteiger charge is -2.59. The van der Waals surface area contributed by atoms with Gasteiger partial charge in [-0.15, -0.1) is 0 Å². The number of amides is 2. The van der Waals surface area contributed by atoms with Crippen LogP contribution in [0.2, 0.25) is 0 Å². The first kappa shape index (κ1) is 24.1. The third kappa shape index (κ3) is 4.75. The number of nitrogens with zero attached hydrogens (tertiary/aromatic N) is 1. The highest BCUT2D eigenvalue weighted by atomic mass is 16.4. The van der Waals surface area contributed by atoms with Crippen molar-refractivity contribution in [2.45, 2.75) is 121 Å². The van der Waals surface area contributed by atoms with E-state index in [4.69, 9.17) is 0 Å². The number of carboxylic acids is 1. The molecule has 0 aromatic rings. The molecule has 1 saturated heterocycles. The standard InChI is InChI=1S/C28H44N2O4/c31-25(29-22-10-6-4-2-1-3-5-7-11-22)24-20-14-19-15-21(24)18-28(16-19,17-20)27(34)30-13-9-8-12-23(30)26(32)33/h19-24H,1-18H2,(H,29,31)(H,32,33). The first-order chi connectivity index (χ1) is 16.5. The number of carbonyl (C=O) groups is 3. The maximum absolute atomic E-state index is 13.9. The van der Waals surface area contributed by atoms with Crippen molar-refractivity contribution in [3.8, 4) is 0 Å². The minimum atomic E-state index is -0.860. The van der Waals surface area contributed by atoms with Crippen LogP contribution in [-0.4, -0.2) is 46.4 Å². The molecule has 1 aliphatic heterocycles. The van der Waals surface area contributed by atoms with Gasteiger partial charge in [-0.25, -0.2) is 4.79 Å². The van der Waals surface area contributed by atoms with Crippen molar-refractivity contribution in [2.24, 2.45) is 29.1 Å². The Bertz CT molecular complexity index is 756. The second-order valence-electron chi connectivity index (χ2n) is 12.4. The molecule has 0 spiro atoms. The van der Waals surface area contributed by atoms with E-state index >= 15 is 0 Å². The zero-order valence-electron chi connectivity index (χ0n) is 20.8. The van der Waals surface area contributed by atoms with E-state index in [1.807, 2.05) is 0 Å². The van der Waals surface area contributed by atoms with Gasteiger partial charge in [0.1, 0.15) is 6.04 Å². The van der Waals surface area contributed by atoms with E-state index in [9.17, 15) is 19.5 Å². The van der Waals surface area contributed by atoms with E-state index in [-0.39, 0.29) is 29.6 Å². The largest absolute Gasteiger partial charge is 0.480 e. The zero-order chi connectivity index (χ0) is 23.7. The number of aliphatic carboxylic acids is 1. The molecule has 4 bridgehead atoms. The molecule has 6 fully saturated rings. The first-order valence-corrected chi connectivity index (χ1v) is 14.3. The summed E-state index contributed by atoms with van der Waals surface area (Å²) in [5.41, 5.74) is -0.422. The Kier molecular flexibility index (Phi) is 7.22. The molecule has 3 atom stereocenters. The fraction of sp³-hybridized carbons (Fsp3) is 0.893. The molecule has 2 N–H and O–H groups in total. The zero-order valence-corrected chi connectivity index (χ0v) is 20.8. The van der Waals surface area contributed by atoms with E-state index in [1.165, 1.54) is 44.9 Å². The van der Waals surface area contributed by atoms with Crippen LogP contribution in [0.1, 0.15) is 109 Å². The summed E-state index contributed by atoms with van der Waals surface area (Å²) in [6, 6.07) is -0.357. The summed E-state index contributed by atoms with van der Waals surface area (Å²) in [6.45, 7) is 0.573. The molecule has 34 heavy (non-hydrogen) atoms. The van der Waals surface area contributed by atoms with Crippen LogP contribution in [0.5, 0.6) is 0 Å². The van der Waals surface area contributed by atoms with Crippen LogP contribution in [-0.2, 0) is 14.4 Å². The van der Waals surface area contributed by atoms with Gasteiger partial charge in [0.05, 0.1) is 5.41 Å². The molecule has 1 heterocycles. The van der Waals surface area contributed by atoms with Gasteiger partial charge in [0.15, 0.2) is 0 Å². The first-order valence-electron chi connectivity index (χ1n) is 14.3. The summed E-state index contributed by atoms with van der Waals surface area (Å²) in [5.74, 6) is 0.605. The number of hydrogen-bond acceptors (Lipinski definition) is 3. The molecule has 6 rings (SSSR count). The molecule has 0 radical (unpaired) electrons. The van der Waals surface area contributed by atoms with Crippen LogP contribution in [0.4, 0.5) is 0 Å². The smallest absolute Gasteiger partial charge is 0.326 e. The van der Waals surface area contributed by atoms with E-state index in [1.54, 1.807) is 4.90 Å². The number of hydrogen-bond donors (Lipinski definition) is 2. The highest BCUT2D eigenvalue weighted by molar-refractivity contribution is 5.89. The average molecular weight is 473 g/mol. The van der Waals surface area contributed by atoms with Gasteiger partial charge in [-0.05, 0) is 82.0 Å². The minimum absolute atomic E-state index is 0.0458. The highest BCUT2D eigenvalue weighted by Gasteiger charge is 2.61. The normalized spacial score (nSPS) is 38.9. The molecule has 6 heteroatoms. The number of piperidine rings is 1. The van der Waals surface area contributed by atoms with Gasteiger partial charge in [0.2, 0.25) is 11.8 Å². The van der Waals surface area contributed by atoms with Crippen LogP contribution < -0.4 is 5.32 Å². The number of nitrogens with one attached hydrogen (secondary N) is 1. The predicted molar refractivity (Wildman–Crippen MR) is 130 cm³/mol. The summed E-state index contributed by atoms with van der Waals surface area (Å²) in [4.78, 5) is 41.0. The number of carboxylic acid groups (broad SMARTS) is 1. The van der Waals surface area contributed by atoms with Crippen LogP contribution in [0.25, 0.3) is 0 Å². The van der Waals surface area contributed by atoms with E-state index in [2.05, 4.69) is 5.32 Å². The highest BCUT2D eigenvalue weighted by Crippen LogP contribution is 2.63. The molecule has 3 unspecified atom stereocenters. The van der Waals surface area contributed by atoms with Crippen molar-refractivity contribution < 1.29 is 19.5 Å². The lowest BCUT2D eigenvalue weighted by atomic mass is 9.45. The Hall–Kier alpha value is -1.59. The molecule has 190 valence electrons. The molecular formula is C28H44N2O4. The maximum atomic E-state index is 13.9. The number of likely N-dealkylation sites (tertiary alicyclic amines) is 1. The molecule has 6 nitrogen and oxygen atoms in total. The lowest BCUT2D eigenvalue weighted by molar-refractivity contribution is -0.175. The van der Waals surface area contributed by atoms with Crippen molar-refractivity contribution in [3.05, 3.63) is 0 Å². The van der Waals surface area contributed by atoms with Crippen molar-refractivity contribution in [2.75, 3.05) is 6.54 Å². The molecule has 2 amide bonds. The third-order valence-electron chi connectivity index (χ3n) is 10.0. The van der Waals surface area contributed by atoms with Crippen LogP contribution in [0, 0.1) is 29.1 Å². The lowest BCUT2D eigenvalue weighted by Crippen LogP contribution is -2.62. The third-order valence-corrected chi connectivity index (χ3v) is 10.0. The SMILES string of the molecule is O=C(NC1CCCCCCCCC1)C1C2CC3CC1CC(C(=O)N1CCCCC1C(=O)O)(C3)C2. The van der Waals surface area contributed by atoms with E-state index < -0.39 is 17.4 Å². The second kappa shape index (κ2) is 10.2. The van der Waals surface area contributed by atoms with Crippen molar-refractivity contribution in [1.82, 2.24) is 10.2 Å². The Morgan fingerprint density at radius 2 is 1.35 bits per heavy atom. The van der Waals surface area contributed by atoms with Gasteiger partial charge in [-0.3, -0.25) is 9.59 Å². The molecule has 6 aliphatic rings. The van der Waals surface area contributed by atoms with Crippen molar-refractivity contribution in [1.29, 1.82) is 0 Å². The van der Waals surface area contributed by atoms with Gasteiger partial charge in [0.25, 0.3) is 0 Å². The van der Waals surface area contributed by atoms with Gasteiger partial charge in [0, 0.05) is 18.5 Å². The summed E-state index contributed by atoms with van der Waals surface area (Å²) in [7, 11) is 0. The molecule has 0 aromatic carbocycles. The second-order valence-corrected chi connectivity index (χ2v) is 12.4. The van der Waals surface area contributed by atoms with Gasteiger partial charge in [-0.2, -0.15) is 0 Å². The van der Waals surface area contributed by atoms with Crippen molar-refractivity contribution in [3.63, 3.8) is 0 Å². The number of rotatable bonds is 4. The molecule has 5 aliphatic carbocycles. The molecule has 5 saturated carbocycles. The Morgan fingerprint density at radius 3 is 1.97 bits per heavy atom. The van der Waals surface area contributed by atoms with Crippen LogP contribution in [0.15, 0.2) is 0 Å². The quantitative estimate of drug-likeness (QED) is 0.609. The summed E-state index contributed by atoms with van der Waals surface area (Å²) in [5, 5.41) is 13.2. The van der Waals surface area contributed by atoms with Gasteiger partial charge in [-0.1, -0.05) is 44.9 Å². The Morgan fingerprint density at radius 1 is 0.765 bits per heavy atom. The van der Waals surface area contributed by atoms with Gasteiger partial charge >= 0.3 is 5.97 Å². The fourth-order valence-corrected chi connectivity index (χ4v) is 8.70. The van der Waals surface area contributed by atoms with E-state index in [0.29, 0.717) is 24.9 Å². The fourth-order valence-electron chi connectivity index (χ4n) is 8.70. The van der Waals surface area contributed by atoms with Crippen LogP contribution >= 0.6 is 0 Å². The topological polar surface area (TPSA) is 86.7 Å². The molecular weight excluding hydrogens is 428 g/mol. The predicted octanol–water partition coefficient (Wildman–Crippen LogP) is 4.90. The summed E-state index contributed by atoms with van der Waals surface area (Å²) >= 11 is 0. The average Bonchev–Trinajstić information content (AvgIpc) is 2.82. The summed E-state index contributed by atoms with van der Waals surface area (Å²) < 4.78 is 0. The van der Waals surface area contributed by atoms with Crippen molar-refractivity contribution >= 4 is 17.8 Å².